The number of amides is 3. The van der Waals surface area contributed by atoms with Crippen LogP contribution in [0.2, 0.25) is 0 Å². The van der Waals surface area contributed by atoms with Crippen LogP contribution in [0.3, 0.4) is 0 Å². The van der Waals surface area contributed by atoms with Crippen molar-refractivity contribution in [2.24, 2.45) is 0 Å². The summed E-state index contributed by atoms with van der Waals surface area (Å²) in [5.74, 6) is -0.358. The van der Waals surface area contributed by atoms with Crippen LogP contribution in [0.4, 0.5) is 10.5 Å². The normalized spacial score (nSPS) is 15.6. The van der Waals surface area contributed by atoms with E-state index >= 15 is 0 Å². The zero-order valence-corrected chi connectivity index (χ0v) is 17.6. The van der Waals surface area contributed by atoms with E-state index in [1.54, 1.807) is 24.2 Å². The van der Waals surface area contributed by atoms with Gasteiger partial charge in [-0.1, -0.05) is 41.6 Å². The largest absolute Gasteiger partial charge is 0.370 e. The number of pyridine rings is 1. The molecule has 1 aromatic heterocycles. The van der Waals surface area contributed by atoms with Crippen LogP contribution in [0.15, 0.2) is 76.8 Å². The average Bonchev–Trinajstić information content (AvgIpc) is 3.07. The third-order valence-corrected chi connectivity index (χ3v) is 6.00. The summed E-state index contributed by atoms with van der Waals surface area (Å²) in [6.07, 6.45) is 3.31. The summed E-state index contributed by atoms with van der Waals surface area (Å²) in [7, 11) is 2.08. The van der Waals surface area contributed by atoms with Gasteiger partial charge in [0.15, 0.2) is 0 Å². The van der Waals surface area contributed by atoms with Crippen LogP contribution < -0.4 is 15.5 Å². The fraction of sp³-hybridized carbons (Fsp3) is 0.174. The first-order valence-corrected chi connectivity index (χ1v) is 10.4. The predicted molar refractivity (Wildman–Crippen MR) is 118 cm³/mol. The van der Waals surface area contributed by atoms with E-state index in [0.29, 0.717) is 5.56 Å². The first-order valence-electron chi connectivity index (χ1n) is 9.59. The van der Waals surface area contributed by atoms with Crippen LogP contribution in [-0.2, 0) is 11.3 Å². The number of nitrogens with zero attached hydrogens (tertiary/aromatic N) is 2. The Hall–Kier alpha value is -3.32. The van der Waals surface area contributed by atoms with Gasteiger partial charge in [-0.3, -0.25) is 15.1 Å². The monoisotopic (exact) mass is 418 g/mol. The van der Waals surface area contributed by atoms with E-state index in [2.05, 4.69) is 83.0 Å². The van der Waals surface area contributed by atoms with E-state index in [0.717, 1.165) is 22.0 Å². The molecule has 1 aliphatic heterocycles. The Morgan fingerprint density at radius 2 is 1.90 bits per heavy atom. The highest BCUT2D eigenvalue weighted by Gasteiger charge is 2.32. The van der Waals surface area contributed by atoms with E-state index in [-0.39, 0.29) is 5.91 Å². The lowest BCUT2D eigenvalue weighted by molar-refractivity contribution is -0.120. The van der Waals surface area contributed by atoms with Crippen LogP contribution in [0, 0.1) is 6.92 Å². The number of hydrogen-bond donors (Lipinski definition) is 2. The molecule has 2 N–H and O–H groups in total. The first kappa shape index (κ1) is 20.0. The molecule has 4 rings (SSSR count). The summed E-state index contributed by atoms with van der Waals surface area (Å²) in [5, 5.41) is 4.91. The third-order valence-electron chi connectivity index (χ3n) is 4.90. The molecular formula is C23H22N4O2S. The number of imide groups is 1. The lowest BCUT2D eigenvalue weighted by Crippen LogP contribution is -2.22. The van der Waals surface area contributed by atoms with E-state index in [4.69, 9.17) is 0 Å². The Bertz CT molecular complexity index is 1080. The number of anilines is 1. The van der Waals surface area contributed by atoms with Crippen molar-refractivity contribution in [1.82, 2.24) is 15.6 Å². The van der Waals surface area contributed by atoms with Crippen molar-refractivity contribution in [3.63, 3.8) is 0 Å². The molecule has 2 heterocycles. The second-order valence-electron chi connectivity index (χ2n) is 7.25. The van der Waals surface area contributed by atoms with Gasteiger partial charge >= 0.3 is 6.03 Å². The van der Waals surface area contributed by atoms with E-state index in [1.807, 2.05) is 6.07 Å². The fourth-order valence-electron chi connectivity index (χ4n) is 3.41. The van der Waals surface area contributed by atoms with Crippen LogP contribution in [0.25, 0.3) is 0 Å². The molecule has 3 amide bonds. The van der Waals surface area contributed by atoms with Gasteiger partial charge in [0.1, 0.15) is 6.04 Å². The van der Waals surface area contributed by atoms with Crippen molar-refractivity contribution >= 4 is 29.4 Å². The minimum atomic E-state index is -0.714. The van der Waals surface area contributed by atoms with Crippen molar-refractivity contribution < 1.29 is 9.59 Å². The summed E-state index contributed by atoms with van der Waals surface area (Å²) < 4.78 is 0. The van der Waals surface area contributed by atoms with Crippen molar-refractivity contribution in [2.45, 2.75) is 29.3 Å². The molecular weight excluding hydrogens is 396 g/mol. The molecule has 152 valence electrons. The smallest absolute Gasteiger partial charge is 0.322 e. The summed E-state index contributed by atoms with van der Waals surface area (Å²) in [4.78, 5) is 31.8. The van der Waals surface area contributed by atoms with E-state index in [9.17, 15) is 9.59 Å². The van der Waals surface area contributed by atoms with Crippen LogP contribution in [-0.4, -0.2) is 24.0 Å². The number of hydrogen-bond acceptors (Lipinski definition) is 5. The van der Waals surface area contributed by atoms with Crippen molar-refractivity contribution in [3.8, 4) is 0 Å². The lowest BCUT2D eigenvalue weighted by Gasteiger charge is -2.20. The number of carbonyl (C=O) groups excluding carboxylic acids is 2. The first-order chi connectivity index (χ1) is 14.5. The maximum Gasteiger partial charge on any atom is 0.322 e. The van der Waals surface area contributed by atoms with Crippen molar-refractivity contribution in [1.29, 1.82) is 0 Å². The number of rotatable bonds is 6. The van der Waals surface area contributed by atoms with Crippen molar-refractivity contribution in [2.75, 3.05) is 11.9 Å². The molecule has 0 saturated carbocycles. The number of urea groups is 1. The molecule has 6 nitrogen and oxygen atoms in total. The lowest BCUT2D eigenvalue weighted by atomic mass is 10.1. The van der Waals surface area contributed by atoms with Crippen LogP contribution in [0.1, 0.15) is 22.7 Å². The quantitative estimate of drug-likeness (QED) is 0.591. The Kier molecular flexibility index (Phi) is 5.72. The summed E-state index contributed by atoms with van der Waals surface area (Å²) in [5.41, 5.74) is 4.34. The van der Waals surface area contributed by atoms with E-state index in [1.165, 1.54) is 11.1 Å². The standard InChI is InChI=1S/C23H22N4O2S/c1-15-4-3-5-16(12-15)14-27(2)17-6-8-18(9-7-17)30-20-10-11-24-13-19(20)21-22(28)26-23(29)25-21/h3-13,21H,14H2,1-2H3,(H2,25,26,28,29). The Labute approximate surface area is 179 Å². The predicted octanol–water partition coefficient (Wildman–Crippen LogP) is 4.06. The number of carbonyl (C=O) groups is 2. The molecule has 1 saturated heterocycles. The zero-order chi connectivity index (χ0) is 21.1. The molecule has 1 fully saturated rings. The molecule has 0 aliphatic carbocycles. The number of aryl methyl sites for hydroxylation is 1. The second kappa shape index (κ2) is 8.59. The van der Waals surface area contributed by atoms with E-state index < -0.39 is 12.1 Å². The Balaban J connectivity index is 1.48. The Morgan fingerprint density at radius 3 is 2.60 bits per heavy atom. The van der Waals surface area contributed by atoms with Crippen LogP contribution >= 0.6 is 11.8 Å². The molecule has 1 atom stereocenters. The van der Waals surface area contributed by atoms with Gasteiger partial charge in [-0.05, 0) is 42.8 Å². The summed E-state index contributed by atoms with van der Waals surface area (Å²) >= 11 is 1.54. The average molecular weight is 419 g/mol. The molecule has 1 aliphatic rings. The molecule has 3 aromatic rings. The fourth-order valence-corrected chi connectivity index (χ4v) is 4.35. The summed E-state index contributed by atoms with van der Waals surface area (Å²) in [6.45, 7) is 2.93. The zero-order valence-electron chi connectivity index (χ0n) is 16.8. The van der Waals surface area contributed by atoms with Crippen LogP contribution in [0.5, 0.6) is 0 Å². The van der Waals surface area contributed by atoms with Gasteiger partial charge in [0.2, 0.25) is 0 Å². The van der Waals surface area contributed by atoms with Gasteiger partial charge in [0.25, 0.3) is 5.91 Å². The van der Waals surface area contributed by atoms with Gasteiger partial charge in [-0.25, -0.2) is 4.79 Å². The molecule has 2 aromatic carbocycles. The highest BCUT2D eigenvalue weighted by Crippen LogP contribution is 2.34. The number of nitrogens with one attached hydrogen (secondary N) is 2. The Morgan fingerprint density at radius 1 is 1.10 bits per heavy atom. The minimum absolute atomic E-state index is 0.358. The molecule has 30 heavy (non-hydrogen) atoms. The van der Waals surface area contributed by atoms with Gasteiger partial charge in [0.05, 0.1) is 0 Å². The maximum absolute atomic E-state index is 12.0. The molecule has 0 radical (unpaired) electrons. The highest BCUT2D eigenvalue weighted by molar-refractivity contribution is 7.99. The van der Waals surface area contributed by atoms with Gasteiger partial charge in [-0.2, -0.15) is 0 Å². The second-order valence-corrected chi connectivity index (χ2v) is 8.37. The third kappa shape index (κ3) is 4.46. The van der Waals surface area contributed by atoms with Gasteiger partial charge < -0.3 is 10.2 Å². The molecule has 0 bridgehead atoms. The number of aromatic nitrogens is 1. The topological polar surface area (TPSA) is 74.3 Å². The van der Waals surface area contributed by atoms with Crippen molar-refractivity contribution in [3.05, 3.63) is 83.7 Å². The molecule has 1 unspecified atom stereocenters. The molecule has 0 spiro atoms. The summed E-state index contributed by atoms with van der Waals surface area (Å²) in [6, 6.07) is 17.5. The minimum Gasteiger partial charge on any atom is -0.370 e. The SMILES string of the molecule is Cc1cccc(CN(C)c2ccc(Sc3ccncc3C3NC(=O)NC3=O)cc2)c1. The number of benzene rings is 2. The van der Waals surface area contributed by atoms with Gasteiger partial charge in [-0.15, -0.1) is 0 Å². The molecule has 7 heteroatoms. The maximum atomic E-state index is 12.0. The highest BCUT2D eigenvalue weighted by atomic mass is 32.2. The van der Waals surface area contributed by atoms with Gasteiger partial charge in [0, 0.05) is 47.0 Å².